The van der Waals surface area contributed by atoms with Gasteiger partial charge in [-0.25, -0.2) is 4.79 Å². The van der Waals surface area contributed by atoms with Crippen LogP contribution in [0.25, 0.3) is 17.2 Å². The lowest BCUT2D eigenvalue weighted by atomic mass is 9.62. The van der Waals surface area contributed by atoms with Gasteiger partial charge >= 0.3 is 5.97 Å². The standard InChI is InChI=1S/C28H36O5/c1-8-32-26(29)12-10-19-9-11-24(31-7)20(15-19)21-16-22-23(17-25(21)33-18-30-6)28(4,5)14-13-27(22,2)3/h9-12,15-17H,8,13-14,18H2,1-7H3/b12-10+. The Hall–Kier alpha value is -2.79. The van der Waals surface area contributed by atoms with E-state index in [9.17, 15) is 4.79 Å². The van der Waals surface area contributed by atoms with Crippen LogP contribution in [-0.4, -0.2) is 33.6 Å². The SMILES string of the molecule is CCOC(=O)/C=C/c1ccc(OC)c(-c2cc3c(cc2OCOC)C(C)(C)CCC3(C)C)c1. The second kappa shape index (κ2) is 10.0. The van der Waals surface area contributed by atoms with Crippen LogP contribution in [0.15, 0.2) is 36.4 Å². The lowest BCUT2D eigenvalue weighted by Gasteiger charge is -2.42. The fourth-order valence-electron chi connectivity index (χ4n) is 4.44. The normalized spacial score (nSPS) is 16.3. The number of esters is 1. The van der Waals surface area contributed by atoms with Gasteiger partial charge in [0, 0.05) is 24.3 Å². The highest BCUT2D eigenvalue weighted by molar-refractivity contribution is 5.88. The van der Waals surface area contributed by atoms with Crippen molar-refractivity contribution in [3.8, 4) is 22.6 Å². The summed E-state index contributed by atoms with van der Waals surface area (Å²) >= 11 is 0. The molecule has 0 saturated heterocycles. The lowest BCUT2D eigenvalue weighted by molar-refractivity contribution is -0.137. The number of benzene rings is 2. The molecule has 0 amide bonds. The number of hydrogen-bond donors (Lipinski definition) is 0. The third-order valence-corrected chi connectivity index (χ3v) is 6.50. The number of methoxy groups -OCH3 is 2. The molecule has 178 valence electrons. The number of hydrogen-bond acceptors (Lipinski definition) is 5. The summed E-state index contributed by atoms with van der Waals surface area (Å²) in [6, 6.07) is 10.3. The largest absolute Gasteiger partial charge is 0.496 e. The van der Waals surface area contributed by atoms with Crippen LogP contribution < -0.4 is 9.47 Å². The van der Waals surface area contributed by atoms with Crippen molar-refractivity contribution in [1.29, 1.82) is 0 Å². The zero-order chi connectivity index (χ0) is 24.2. The van der Waals surface area contributed by atoms with Gasteiger partial charge in [-0.05, 0) is 77.6 Å². The summed E-state index contributed by atoms with van der Waals surface area (Å²) in [5.74, 6) is 1.13. The minimum Gasteiger partial charge on any atom is -0.496 e. The first kappa shape index (κ1) is 24.8. The van der Waals surface area contributed by atoms with Gasteiger partial charge in [0.2, 0.25) is 0 Å². The molecule has 2 aromatic rings. The van der Waals surface area contributed by atoms with E-state index in [1.54, 1.807) is 27.2 Å². The van der Waals surface area contributed by atoms with Gasteiger partial charge < -0.3 is 18.9 Å². The van der Waals surface area contributed by atoms with Crippen LogP contribution in [0.3, 0.4) is 0 Å². The molecule has 0 aromatic heterocycles. The number of fused-ring (bicyclic) bond motifs is 1. The molecule has 3 rings (SSSR count). The number of ether oxygens (including phenoxy) is 4. The Morgan fingerprint density at radius 1 is 0.939 bits per heavy atom. The molecule has 0 fully saturated rings. The lowest BCUT2D eigenvalue weighted by Crippen LogP contribution is -2.34. The summed E-state index contributed by atoms with van der Waals surface area (Å²) in [5, 5.41) is 0. The van der Waals surface area contributed by atoms with Crippen LogP contribution in [0, 0.1) is 0 Å². The van der Waals surface area contributed by atoms with Crippen LogP contribution in [0.2, 0.25) is 0 Å². The third-order valence-electron chi connectivity index (χ3n) is 6.50. The number of carbonyl (C=O) groups excluding carboxylic acids is 1. The highest BCUT2D eigenvalue weighted by Crippen LogP contribution is 2.50. The molecule has 0 unspecified atom stereocenters. The van der Waals surface area contributed by atoms with Crippen molar-refractivity contribution in [2.75, 3.05) is 27.6 Å². The van der Waals surface area contributed by atoms with Crippen molar-refractivity contribution in [3.63, 3.8) is 0 Å². The zero-order valence-corrected chi connectivity index (χ0v) is 20.9. The van der Waals surface area contributed by atoms with Gasteiger partial charge in [0.15, 0.2) is 6.79 Å². The molecular weight excluding hydrogens is 416 g/mol. The van der Waals surface area contributed by atoms with E-state index >= 15 is 0 Å². The van der Waals surface area contributed by atoms with Gasteiger partial charge in [0.25, 0.3) is 0 Å². The van der Waals surface area contributed by atoms with E-state index in [2.05, 4.69) is 39.8 Å². The quantitative estimate of drug-likeness (QED) is 0.268. The molecule has 2 aromatic carbocycles. The monoisotopic (exact) mass is 452 g/mol. The number of carbonyl (C=O) groups is 1. The van der Waals surface area contributed by atoms with Gasteiger partial charge in [-0.2, -0.15) is 0 Å². The zero-order valence-electron chi connectivity index (χ0n) is 20.9. The summed E-state index contributed by atoms with van der Waals surface area (Å²) in [6.07, 6.45) is 5.43. The predicted octanol–water partition coefficient (Wildman–Crippen LogP) is 6.27. The van der Waals surface area contributed by atoms with Crippen LogP contribution in [-0.2, 0) is 25.1 Å². The van der Waals surface area contributed by atoms with E-state index in [-0.39, 0.29) is 23.6 Å². The minimum absolute atomic E-state index is 0.0497. The number of rotatable bonds is 8. The molecule has 1 aliphatic rings. The topological polar surface area (TPSA) is 54.0 Å². The Morgan fingerprint density at radius 3 is 2.18 bits per heavy atom. The van der Waals surface area contributed by atoms with Gasteiger partial charge in [-0.1, -0.05) is 33.8 Å². The molecule has 0 N–H and O–H groups in total. The highest BCUT2D eigenvalue weighted by Gasteiger charge is 2.38. The van der Waals surface area contributed by atoms with Gasteiger partial charge in [0.05, 0.1) is 13.7 Å². The molecule has 33 heavy (non-hydrogen) atoms. The Kier molecular flexibility index (Phi) is 7.53. The Bertz CT molecular complexity index is 1030. The molecule has 1 aliphatic carbocycles. The molecule has 5 nitrogen and oxygen atoms in total. The van der Waals surface area contributed by atoms with Crippen molar-refractivity contribution in [1.82, 2.24) is 0 Å². The Balaban J connectivity index is 2.20. The Morgan fingerprint density at radius 2 is 1.58 bits per heavy atom. The summed E-state index contributed by atoms with van der Waals surface area (Å²) in [6.45, 7) is 11.5. The van der Waals surface area contributed by atoms with Gasteiger partial charge in [0.1, 0.15) is 11.5 Å². The van der Waals surface area contributed by atoms with Crippen molar-refractivity contribution < 1.29 is 23.7 Å². The van der Waals surface area contributed by atoms with E-state index < -0.39 is 0 Å². The van der Waals surface area contributed by atoms with E-state index in [4.69, 9.17) is 18.9 Å². The molecule has 0 atom stereocenters. The van der Waals surface area contributed by atoms with Crippen LogP contribution in [0.5, 0.6) is 11.5 Å². The van der Waals surface area contributed by atoms with Crippen molar-refractivity contribution in [3.05, 3.63) is 53.1 Å². The van der Waals surface area contributed by atoms with Crippen LogP contribution in [0.1, 0.15) is 64.2 Å². The predicted molar refractivity (Wildman–Crippen MR) is 132 cm³/mol. The molecule has 0 spiro atoms. The van der Waals surface area contributed by atoms with Gasteiger partial charge in [-0.15, -0.1) is 0 Å². The van der Waals surface area contributed by atoms with E-state index in [1.165, 1.54) is 17.2 Å². The summed E-state index contributed by atoms with van der Waals surface area (Å²) in [4.78, 5) is 11.8. The molecule has 0 bridgehead atoms. The van der Waals surface area contributed by atoms with E-state index in [0.717, 1.165) is 41.0 Å². The fourth-order valence-corrected chi connectivity index (χ4v) is 4.44. The first-order chi connectivity index (χ1) is 15.6. The maximum Gasteiger partial charge on any atom is 0.330 e. The van der Waals surface area contributed by atoms with Gasteiger partial charge in [-0.3, -0.25) is 0 Å². The maximum atomic E-state index is 11.8. The molecule has 0 radical (unpaired) electrons. The summed E-state index contributed by atoms with van der Waals surface area (Å²) in [7, 11) is 3.28. The first-order valence-electron chi connectivity index (χ1n) is 11.5. The van der Waals surface area contributed by atoms with Crippen LogP contribution in [0.4, 0.5) is 0 Å². The van der Waals surface area contributed by atoms with E-state index in [1.807, 2.05) is 18.2 Å². The average Bonchev–Trinajstić information content (AvgIpc) is 2.79. The molecule has 5 heteroatoms. The molecule has 0 aliphatic heterocycles. The van der Waals surface area contributed by atoms with Crippen LogP contribution >= 0.6 is 0 Å². The minimum atomic E-state index is -0.364. The summed E-state index contributed by atoms with van der Waals surface area (Å²) < 4.78 is 22.0. The highest BCUT2D eigenvalue weighted by atomic mass is 16.7. The fraction of sp³-hybridized carbons (Fsp3) is 0.464. The molecular formula is C28H36O5. The average molecular weight is 453 g/mol. The first-order valence-corrected chi connectivity index (χ1v) is 11.5. The molecule has 0 heterocycles. The van der Waals surface area contributed by atoms with Crippen molar-refractivity contribution >= 4 is 12.0 Å². The second-order valence-electron chi connectivity index (χ2n) is 9.76. The van der Waals surface area contributed by atoms with E-state index in [0.29, 0.717) is 6.61 Å². The third kappa shape index (κ3) is 5.41. The smallest absolute Gasteiger partial charge is 0.330 e. The Labute approximate surface area is 197 Å². The second-order valence-corrected chi connectivity index (χ2v) is 9.76. The van der Waals surface area contributed by atoms with Crippen molar-refractivity contribution in [2.24, 2.45) is 0 Å². The molecule has 0 saturated carbocycles. The summed E-state index contributed by atoms with van der Waals surface area (Å²) in [5.41, 5.74) is 5.46. The maximum absolute atomic E-state index is 11.8. The van der Waals surface area contributed by atoms with Crippen molar-refractivity contribution in [2.45, 2.75) is 58.3 Å².